The van der Waals surface area contributed by atoms with Gasteiger partial charge in [0.1, 0.15) is 5.82 Å². The van der Waals surface area contributed by atoms with Gasteiger partial charge in [-0.1, -0.05) is 35.9 Å². The second-order valence-corrected chi connectivity index (χ2v) is 6.87. The fraction of sp³-hybridized carbons (Fsp3) is 0.273. The van der Waals surface area contributed by atoms with E-state index in [0.29, 0.717) is 6.54 Å². The average molecular weight is 359 g/mol. The van der Waals surface area contributed by atoms with E-state index < -0.39 is 0 Å². The molecular formula is C22H25N5. The molecule has 1 saturated heterocycles. The van der Waals surface area contributed by atoms with E-state index in [9.17, 15) is 0 Å². The molecule has 0 aliphatic carbocycles. The number of hydrogen-bond acceptors (Lipinski definition) is 5. The molecule has 2 heterocycles. The predicted molar refractivity (Wildman–Crippen MR) is 114 cm³/mol. The Bertz CT molecular complexity index is 927. The van der Waals surface area contributed by atoms with E-state index in [1.54, 1.807) is 0 Å². The highest BCUT2D eigenvalue weighted by molar-refractivity contribution is 5.90. The monoisotopic (exact) mass is 359 g/mol. The molecule has 0 amide bonds. The molecule has 0 bridgehead atoms. The van der Waals surface area contributed by atoms with Gasteiger partial charge in [0.15, 0.2) is 0 Å². The van der Waals surface area contributed by atoms with Gasteiger partial charge in [-0.3, -0.25) is 0 Å². The Hall–Kier alpha value is -3.08. The Balaban J connectivity index is 1.54. The van der Waals surface area contributed by atoms with E-state index in [2.05, 4.69) is 59.0 Å². The van der Waals surface area contributed by atoms with Crippen molar-refractivity contribution in [2.24, 2.45) is 0 Å². The maximum absolute atomic E-state index is 4.81. The lowest BCUT2D eigenvalue weighted by molar-refractivity contribution is 0.641. The Morgan fingerprint density at radius 2 is 1.67 bits per heavy atom. The van der Waals surface area contributed by atoms with Gasteiger partial charge < -0.3 is 15.1 Å². The van der Waals surface area contributed by atoms with Crippen LogP contribution in [0.2, 0.25) is 0 Å². The van der Waals surface area contributed by atoms with Crippen LogP contribution in [0.15, 0.2) is 61.2 Å². The van der Waals surface area contributed by atoms with Crippen molar-refractivity contribution in [2.45, 2.75) is 6.92 Å². The molecule has 27 heavy (non-hydrogen) atoms. The third-order valence-electron chi connectivity index (χ3n) is 4.97. The molecule has 1 aliphatic heterocycles. The second kappa shape index (κ2) is 7.66. The summed E-state index contributed by atoms with van der Waals surface area (Å²) in [5.41, 5.74) is 3.55. The summed E-state index contributed by atoms with van der Waals surface area (Å²) < 4.78 is 0. The minimum Gasteiger partial charge on any atom is -0.368 e. The van der Waals surface area contributed by atoms with Gasteiger partial charge in [-0.15, -0.1) is 6.58 Å². The zero-order chi connectivity index (χ0) is 18.6. The molecule has 1 aromatic heterocycles. The number of fused-ring (bicyclic) bond motifs is 1. The molecule has 0 radical (unpaired) electrons. The van der Waals surface area contributed by atoms with Gasteiger partial charge in [0, 0.05) is 43.8 Å². The zero-order valence-electron chi connectivity index (χ0n) is 15.7. The fourth-order valence-corrected chi connectivity index (χ4v) is 3.43. The molecule has 4 rings (SSSR count). The minimum atomic E-state index is 0.682. The van der Waals surface area contributed by atoms with Gasteiger partial charge in [-0.05, 0) is 31.2 Å². The van der Waals surface area contributed by atoms with Crippen molar-refractivity contribution in [1.82, 2.24) is 9.97 Å². The lowest BCUT2D eigenvalue weighted by atomic mass is 10.2. The molecule has 0 saturated carbocycles. The van der Waals surface area contributed by atoms with Crippen molar-refractivity contribution in [1.29, 1.82) is 0 Å². The second-order valence-electron chi connectivity index (χ2n) is 6.87. The summed E-state index contributed by atoms with van der Waals surface area (Å²) in [5.74, 6) is 1.67. The van der Waals surface area contributed by atoms with Gasteiger partial charge in [-0.25, -0.2) is 4.98 Å². The van der Waals surface area contributed by atoms with E-state index in [1.807, 2.05) is 24.3 Å². The minimum absolute atomic E-state index is 0.682. The predicted octanol–water partition coefficient (Wildman–Crippen LogP) is 3.86. The van der Waals surface area contributed by atoms with Crippen molar-refractivity contribution < 1.29 is 0 Å². The molecule has 0 unspecified atom stereocenters. The van der Waals surface area contributed by atoms with E-state index in [4.69, 9.17) is 9.97 Å². The topological polar surface area (TPSA) is 44.3 Å². The molecule has 138 valence electrons. The molecule has 5 heteroatoms. The Labute approximate surface area is 160 Å². The summed E-state index contributed by atoms with van der Waals surface area (Å²) in [4.78, 5) is 14.3. The van der Waals surface area contributed by atoms with Crippen molar-refractivity contribution in [3.63, 3.8) is 0 Å². The summed E-state index contributed by atoms with van der Waals surface area (Å²) in [7, 11) is 0. The first kappa shape index (κ1) is 17.3. The lowest BCUT2D eigenvalue weighted by Gasteiger charge is -2.36. The number of anilines is 3. The largest absolute Gasteiger partial charge is 0.368 e. The van der Waals surface area contributed by atoms with E-state index in [0.717, 1.165) is 48.8 Å². The standard InChI is InChI=1S/C22H25N5/c1-3-12-23-21-19-6-4-5-7-20(19)24-22(25-21)27-15-13-26(14-16-27)18-10-8-17(2)9-11-18/h3-11H,1,12-16H2,2H3,(H,23,24,25). The number of benzene rings is 2. The Morgan fingerprint density at radius 3 is 2.41 bits per heavy atom. The van der Waals surface area contributed by atoms with E-state index in [1.165, 1.54) is 11.3 Å². The first-order valence-corrected chi connectivity index (χ1v) is 9.43. The normalized spacial score (nSPS) is 14.4. The molecule has 1 aliphatic rings. The van der Waals surface area contributed by atoms with Crippen LogP contribution in [-0.2, 0) is 0 Å². The highest BCUT2D eigenvalue weighted by Crippen LogP contribution is 2.25. The Morgan fingerprint density at radius 1 is 0.963 bits per heavy atom. The molecule has 1 fully saturated rings. The first-order chi connectivity index (χ1) is 13.2. The highest BCUT2D eigenvalue weighted by Gasteiger charge is 2.20. The molecule has 3 aromatic rings. The van der Waals surface area contributed by atoms with Crippen molar-refractivity contribution >= 4 is 28.4 Å². The van der Waals surface area contributed by atoms with Crippen LogP contribution in [0.5, 0.6) is 0 Å². The maximum Gasteiger partial charge on any atom is 0.228 e. The highest BCUT2D eigenvalue weighted by atomic mass is 15.3. The van der Waals surface area contributed by atoms with Gasteiger partial charge in [0.25, 0.3) is 0 Å². The van der Waals surface area contributed by atoms with Crippen LogP contribution in [0, 0.1) is 6.92 Å². The van der Waals surface area contributed by atoms with Gasteiger partial charge in [0.2, 0.25) is 5.95 Å². The van der Waals surface area contributed by atoms with Crippen LogP contribution in [0.25, 0.3) is 10.9 Å². The molecule has 5 nitrogen and oxygen atoms in total. The third-order valence-corrected chi connectivity index (χ3v) is 4.97. The quantitative estimate of drug-likeness (QED) is 0.701. The molecule has 1 N–H and O–H groups in total. The van der Waals surface area contributed by atoms with Crippen LogP contribution in [-0.4, -0.2) is 42.7 Å². The fourth-order valence-electron chi connectivity index (χ4n) is 3.43. The molecule has 0 atom stereocenters. The molecule has 0 spiro atoms. The number of nitrogens with zero attached hydrogens (tertiary/aromatic N) is 4. The Kier molecular flexibility index (Phi) is 4.92. The zero-order valence-corrected chi connectivity index (χ0v) is 15.7. The smallest absolute Gasteiger partial charge is 0.228 e. The summed E-state index contributed by atoms with van der Waals surface area (Å²) in [5, 5.41) is 4.39. The maximum atomic E-state index is 4.81. The summed E-state index contributed by atoms with van der Waals surface area (Å²) in [6, 6.07) is 16.9. The number of aryl methyl sites for hydroxylation is 1. The number of para-hydroxylation sites is 1. The number of nitrogens with one attached hydrogen (secondary N) is 1. The molecular weight excluding hydrogens is 334 g/mol. The van der Waals surface area contributed by atoms with Crippen LogP contribution < -0.4 is 15.1 Å². The summed E-state index contributed by atoms with van der Waals surface area (Å²) >= 11 is 0. The number of rotatable bonds is 5. The summed E-state index contributed by atoms with van der Waals surface area (Å²) in [6.07, 6.45) is 1.84. The van der Waals surface area contributed by atoms with E-state index in [-0.39, 0.29) is 0 Å². The third kappa shape index (κ3) is 3.72. The van der Waals surface area contributed by atoms with Crippen LogP contribution in [0.3, 0.4) is 0 Å². The average Bonchev–Trinajstić information content (AvgIpc) is 2.72. The molecule has 2 aromatic carbocycles. The van der Waals surface area contributed by atoms with E-state index >= 15 is 0 Å². The van der Waals surface area contributed by atoms with Crippen LogP contribution >= 0.6 is 0 Å². The lowest BCUT2D eigenvalue weighted by Crippen LogP contribution is -2.47. The van der Waals surface area contributed by atoms with Crippen LogP contribution in [0.4, 0.5) is 17.5 Å². The van der Waals surface area contributed by atoms with Crippen LogP contribution in [0.1, 0.15) is 5.56 Å². The van der Waals surface area contributed by atoms with Gasteiger partial charge in [-0.2, -0.15) is 4.98 Å². The number of aromatic nitrogens is 2. The SMILES string of the molecule is C=CCNc1nc(N2CCN(c3ccc(C)cc3)CC2)nc2ccccc12. The van der Waals surface area contributed by atoms with Crippen molar-refractivity contribution in [2.75, 3.05) is 47.8 Å². The number of piperazine rings is 1. The van der Waals surface area contributed by atoms with Gasteiger partial charge in [0.05, 0.1) is 5.52 Å². The first-order valence-electron chi connectivity index (χ1n) is 9.43. The van der Waals surface area contributed by atoms with Gasteiger partial charge >= 0.3 is 0 Å². The van der Waals surface area contributed by atoms with Crippen molar-refractivity contribution in [3.8, 4) is 0 Å². The summed E-state index contributed by atoms with van der Waals surface area (Å²) in [6.45, 7) is 10.3. The van der Waals surface area contributed by atoms with Crippen molar-refractivity contribution in [3.05, 3.63) is 66.7 Å². The number of hydrogen-bond donors (Lipinski definition) is 1.